The van der Waals surface area contributed by atoms with E-state index in [2.05, 4.69) is 11.6 Å². The number of allylic oxidation sites excluding steroid dienone is 3. The molecule has 1 unspecified atom stereocenters. The number of ether oxygens (including phenoxy) is 1. The van der Waals surface area contributed by atoms with Crippen molar-refractivity contribution in [3.63, 3.8) is 0 Å². The third-order valence-corrected chi connectivity index (χ3v) is 4.03. The van der Waals surface area contributed by atoms with Crippen molar-refractivity contribution >= 4 is 12.4 Å². The molecule has 0 saturated heterocycles. The van der Waals surface area contributed by atoms with Crippen molar-refractivity contribution in [3.05, 3.63) is 78.9 Å². The van der Waals surface area contributed by atoms with Crippen LogP contribution in [0, 0.1) is 0 Å². The van der Waals surface area contributed by atoms with Crippen LogP contribution in [0.2, 0.25) is 0 Å². The molecule has 1 aromatic heterocycles. The molecule has 0 saturated carbocycles. The van der Waals surface area contributed by atoms with Crippen LogP contribution in [0.5, 0.6) is 5.75 Å². The third kappa shape index (κ3) is 5.29. The molecule has 0 spiro atoms. The average Bonchev–Trinajstić information content (AvgIpc) is 3.16. The summed E-state index contributed by atoms with van der Waals surface area (Å²) in [5, 5.41) is 11.3. The second kappa shape index (κ2) is 9.53. The Morgan fingerprint density at radius 3 is 2.73 bits per heavy atom. The van der Waals surface area contributed by atoms with Crippen LogP contribution < -0.4 is 4.74 Å². The fourth-order valence-electron chi connectivity index (χ4n) is 2.69. The van der Waals surface area contributed by atoms with Crippen LogP contribution in [0.4, 0.5) is 0 Å². The maximum absolute atomic E-state index is 11.3. The van der Waals surface area contributed by atoms with Gasteiger partial charge in [0.1, 0.15) is 24.2 Å². The normalized spacial score (nSPS) is 14.2. The number of aldehydes is 1. The van der Waals surface area contributed by atoms with Crippen LogP contribution in [0.1, 0.15) is 18.9 Å². The van der Waals surface area contributed by atoms with Crippen molar-refractivity contribution in [1.82, 2.24) is 9.55 Å². The first-order valence-corrected chi connectivity index (χ1v) is 8.46. The van der Waals surface area contributed by atoms with Crippen LogP contribution in [0.3, 0.4) is 0 Å². The van der Waals surface area contributed by atoms with Crippen molar-refractivity contribution in [1.29, 1.82) is 0 Å². The zero-order chi connectivity index (χ0) is 18.8. The number of imidazole rings is 1. The standard InChI is InChI=1S/C21H24N2O3/c1-3-6-19(4-2)21(25,15-23-13-12-22-17-23)16-26-20-10-8-18(9-11-20)7-5-14-24/h3,5-14,17,25H,1,4,15-16H2,2H3/b7-5+,19-6+. The highest BCUT2D eigenvalue weighted by Gasteiger charge is 2.32. The quantitative estimate of drug-likeness (QED) is 0.404. The van der Waals surface area contributed by atoms with Gasteiger partial charge in [-0.1, -0.05) is 43.9 Å². The molecule has 1 heterocycles. The van der Waals surface area contributed by atoms with Crippen molar-refractivity contribution in [2.45, 2.75) is 25.5 Å². The van der Waals surface area contributed by atoms with Gasteiger partial charge in [-0.3, -0.25) is 4.79 Å². The number of benzene rings is 1. The van der Waals surface area contributed by atoms with Gasteiger partial charge in [-0.05, 0) is 35.8 Å². The molecule has 1 aromatic carbocycles. The lowest BCUT2D eigenvalue weighted by atomic mass is 9.91. The highest BCUT2D eigenvalue weighted by Crippen LogP contribution is 2.25. The van der Waals surface area contributed by atoms with Gasteiger partial charge in [0.2, 0.25) is 0 Å². The maximum Gasteiger partial charge on any atom is 0.142 e. The summed E-state index contributed by atoms with van der Waals surface area (Å²) in [7, 11) is 0. The van der Waals surface area contributed by atoms with E-state index in [-0.39, 0.29) is 6.61 Å². The fraction of sp³-hybridized carbons (Fsp3) is 0.238. The summed E-state index contributed by atoms with van der Waals surface area (Å²) in [4.78, 5) is 14.4. The summed E-state index contributed by atoms with van der Waals surface area (Å²) >= 11 is 0. The van der Waals surface area contributed by atoms with E-state index in [1.165, 1.54) is 6.08 Å². The molecule has 5 heteroatoms. The molecular weight excluding hydrogens is 328 g/mol. The molecule has 5 nitrogen and oxygen atoms in total. The Morgan fingerprint density at radius 2 is 2.15 bits per heavy atom. The topological polar surface area (TPSA) is 64.3 Å². The van der Waals surface area contributed by atoms with Gasteiger partial charge in [0, 0.05) is 12.4 Å². The van der Waals surface area contributed by atoms with E-state index >= 15 is 0 Å². The smallest absolute Gasteiger partial charge is 0.142 e. The molecule has 1 N–H and O–H groups in total. The van der Waals surface area contributed by atoms with Gasteiger partial charge in [0.05, 0.1) is 12.9 Å². The third-order valence-electron chi connectivity index (χ3n) is 4.03. The molecule has 0 bridgehead atoms. The summed E-state index contributed by atoms with van der Waals surface area (Å²) in [5.74, 6) is 0.645. The minimum Gasteiger partial charge on any atom is -0.490 e. The summed E-state index contributed by atoms with van der Waals surface area (Å²) in [6.45, 7) is 6.15. The van der Waals surface area contributed by atoms with Gasteiger partial charge < -0.3 is 14.4 Å². The van der Waals surface area contributed by atoms with E-state index < -0.39 is 5.60 Å². The van der Waals surface area contributed by atoms with Crippen LogP contribution in [-0.2, 0) is 11.3 Å². The molecule has 1 atom stereocenters. The second-order valence-corrected chi connectivity index (χ2v) is 5.90. The van der Waals surface area contributed by atoms with Crippen LogP contribution in [0.25, 0.3) is 6.08 Å². The Labute approximate surface area is 154 Å². The van der Waals surface area contributed by atoms with Gasteiger partial charge in [0.25, 0.3) is 0 Å². The first kappa shape index (κ1) is 19.4. The lowest BCUT2D eigenvalue weighted by molar-refractivity contribution is -0.104. The van der Waals surface area contributed by atoms with E-state index in [0.29, 0.717) is 18.7 Å². The van der Waals surface area contributed by atoms with E-state index in [9.17, 15) is 9.90 Å². The van der Waals surface area contributed by atoms with Crippen LogP contribution in [0.15, 0.2) is 73.4 Å². The SMILES string of the molecule is C=C/C=C(\CC)C(O)(COc1ccc(/C=C/C=O)cc1)Cn1ccnc1. The van der Waals surface area contributed by atoms with E-state index in [1.807, 2.05) is 41.8 Å². The number of hydrogen-bond donors (Lipinski definition) is 1. The number of aliphatic hydroxyl groups is 1. The van der Waals surface area contributed by atoms with E-state index in [4.69, 9.17) is 4.74 Å². The molecule has 0 fully saturated rings. The first-order valence-electron chi connectivity index (χ1n) is 8.46. The number of carbonyl (C=O) groups excluding carboxylic acids is 1. The Balaban J connectivity index is 2.15. The van der Waals surface area contributed by atoms with Crippen molar-refractivity contribution in [2.75, 3.05) is 6.61 Å². The zero-order valence-corrected chi connectivity index (χ0v) is 14.9. The number of carbonyl (C=O) groups is 1. The Hall–Kier alpha value is -2.92. The Morgan fingerprint density at radius 1 is 1.38 bits per heavy atom. The van der Waals surface area contributed by atoms with Gasteiger partial charge in [-0.15, -0.1) is 0 Å². The fourth-order valence-corrected chi connectivity index (χ4v) is 2.69. The lowest BCUT2D eigenvalue weighted by Crippen LogP contribution is -2.42. The van der Waals surface area contributed by atoms with E-state index in [1.54, 1.807) is 30.9 Å². The van der Waals surface area contributed by atoms with Crippen LogP contribution in [-0.4, -0.2) is 33.2 Å². The summed E-state index contributed by atoms with van der Waals surface area (Å²) in [5.41, 5.74) is 0.561. The predicted octanol–water partition coefficient (Wildman–Crippen LogP) is 3.43. The van der Waals surface area contributed by atoms with Gasteiger partial charge >= 0.3 is 0 Å². The molecule has 0 aliphatic heterocycles. The zero-order valence-electron chi connectivity index (χ0n) is 14.9. The van der Waals surface area contributed by atoms with Crippen molar-refractivity contribution in [2.24, 2.45) is 0 Å². The molecule has 0 radical (unpaired) electrons. The summed E-state index contributed by atoms with van der Waals surface area (Å²) in [6, 6.07) is 7.32. The maximum atomic E-state index is 11.3. The number of nitrogens with zero attached hydrogens (tertiary/aromatic N) is 2. The summed E-state index contributed by atoms with van der Waals surface area (Å²) < 4.78 is 7.68. The average molecular weight is 352 g/mol. The Bertz CT molecular complexity index is 761. The molecular formula is C21H24N2O3. The highest BCUT2D eigenvalue weighted by atomic mass is 16.5. The number of aromatic nitrogens is 2. The summed E-state index contributed by atoms with van der Waals surface area (Å²) in [6.07, 6.45) is 13.2. The molecule has 26 heavy (non-hydrogen) atoms. The van der Waals surface area contributed by atoms with Gasteiger partial charge in [-0.25, -0.2) is 4.98 Å². The minimum atomic E-state index is -1.18. The second-order valence-electron chi connectivity index (χ2n) is 5.90. The number of hydrogen-bond acceptors (Lipinski definition) is 4. The molecule has 136 valence electrons. The highest BCUT2D eigenvalue weighted by molar-refractivity contribution is 5.73. The van der Waals surface area contributed by atoms with Crippen LogP contribution >= 0.6 is 0 Å². The van der Waals surface area contributed by atoms with Crippen molar-refractivity contribution < 1.29 is 14.6 Å². The molecule has 0 aliphatic rings. The lowest BCUT2D eigenvalue weighted by Gasteiger charge is -2.31. The molecule has 2 rings (SSSR count). The Kier molecular flexibility index (Phi) is 7.12. The van der Waals surface area contributed by atoms with E-state index in [0.717, 1.165) is 17.4 Å². The van der Waals surface area contributed by atoms with Crippen molar-refractivity contribution in [3.8, 4) is 5.75 Å². The monoisotopic (exact) mass is 352 g/mol. The molecule has 0 amide bonds. The largest absolute Gasteiger partial charge is 0.490 e. The number of rotatable bonds is 10. The van der Waals surface area contributed by atoms with Gasteiger partial charge in [0.15, 0.2) is 0 Å². The van der Waals surface area contributed by atoms with Gasteiger partial charge in [-0.2, -0.15) is 0 Å². The molecule has 0 aliphatic carbocycles. The minimum absolute atomic E-state index is 0.0994. The molecule has 2 aromatic rings. The predicted molar refractivity (Wildman–Crippen MR) is 103 cm³/mol. The first-order chi connectivity index (χ1) is 12.6.